The Morgan fingerprint density at radius 1 is 1.17 bits per heavy atom. The molecule has 0 aliphatic carbocycles. The number of hydrogen-bond donors (Lipinski definition) is 0. The molecule has 4 nitrogen and oxygen atoms in total. The van der Waals surface area contributed by atoms with Crippen LogP contribution >= 0.6 is 11.8 Å². The fourth-order valence-electron chi connectivity index (χ4n) is 1.60. The van der Waals surface area contributed by atoms with E-state index in [9.17, 15) is 0 Å². The zero-order valence-electron chi connectivity index (χ0n) is 11.0. The highest BCUT2D eigenvalue weighted by Crippen LogP contribution is 2.21. The average molecular weight is 262 g/mol. The molecule has 0 N–H and O–H groups in total. The highest BCUT2D eigenvalue weighted by Gasteiger charge is 2.10. The van der Waals surface area contributed by atoms with Crippen molar-refractivity contribution >= 4 is 11.8 Å². The van der Waals surface area contributed by atoms with Crippen molar-refractivity contribution in [3.63, 3.8) is 0 Å². The number of rotatable bonds is 5. The standard InChI is InChI=1S/C13H18N4S/c1-16(2)9-10-18-13-15-14-12(17(13)3)11-7-5-4-6-8-11/h4-8H,9-10H2,1-3H3. The second-order valence-electron chi connectivity index (χ2n) is 4.38. The van der Waals surface area contributed by atoms with Crippen LogP contribution in [0.15, 0.2) is 35.5 Å². The summed E-state index contributed by atoms with van der Waals surface area (Å²) in [7, 11) is 6.17. The van der Waals surface area contributed by atoms with Gasteiger partial charge in [-0.25, -0.2) is 0 Å². The van der Waals surface area contributed by atoms with Gasteiger partial charge in [-0.15, -0.1) is 10.2 Å². The molecule has 1 aromatic heterocycles. The summed E-state index contributed by atoms with van der Waals surface area (Å²) in [6.07, 6.45) is 0. The van der Waals surface area contributed by atoms with Crippen LogP contribution in [-0.4, -0.2) is 46.1 Å². The first-order chi connectivity index (χ1) is 8.68. The molecule has 2 aromatic rings. The van der Waals surface area contributed by atoms with Gasteiger partial charge in [-0.1, -0.05) is 42.1 Å². The van der Waals surface area contributed by atoms with E-state index in [1.807, 2.05) is 25.2 Å². The van der Waals surface area contributed by atoms with Gasteiger partial charge in [-0.05, 0) is 14.1 Å². The summed E-state index contributed by atoms with van der Waals surface area (Å²) >= 11 is 1.74. The van der Waals surface area contributed by atoms with Crippen LogP contribution in [0, 0.1) is 0 Å². The first kappa shape index (κ1) is 13.1. The van der Waals surface area contributed by atoms with E-state index in [-0.39, 0.29) is 0 Å². The molecular formula is C13H18N4S. The van der Waals surface area contributed by atoms with E-state index < -0.39 is 0 Å². The fourth-order valence-corrected chi connectivity index (χ4v) is 2.62. The third-order valence-corrected chi connectivity index (χ3v) is 3.64. The molecule has 0 fully saturated rings. The third-order valence-electron chi connectivity index (χ3n) is 2.64. The molecule has 0 amide bonds. The summed E-state index contributed by atoms with van der Waals surface area (Å²) < 4.78 is 2.05. The van der Waals surface area contributed by atoms with Crippen LogP contribution in [0.1, 0.15) is 0 Å². The summed E-state index contributed by atoms with van der Waals surface area (Å²) in [6, 6.07) is 10.1. The monoisotopic (exact) mass is 262 g/mol. The van der Waals surface area contributed by atoms with Crippen molar-refractivity contribution in [3.05, 3.63) is 30.3 Å². The molecule has 0 aliphatic rings. The van der Waals surface area contributed by atoms with Crippen molar-refractivity contribution in [1.82, 2.24) is 19.7 Å². The van der Waals surface area contributed by atoms with Crippen molar-refractivity contribution in [3.8, 4) is 11.4 Å². The Bertz CT molecular complexity index is 493. The number of nitrogens with zero attached hydrogens (tertiary/aromatic N) is 4. The van der Waals surface area contributed by atoms with E-state index >= 15 is 0 Å². The van der Waals surface area contributed by atoms with Crippen molar-refractivity contribution in [2.24, 2.45) is 7.05 Å². The summed E-state index contributed by atoms with van der Waals surface area (Å²) in [5.41, 5.74) is 1.10. The lowest BCUT2D eigenvalue weighted by atomic mass is 10.2. The van der Waals surface area contributed by atoms with Gasteiger partial charge in [0.1, 0.15) is 0 Å². The molecule has 18 heavy (non-hydrogen) atoms. The van der Waals surface area contributed by atoms with Crippen LogP contribution in [0.4, 0.5) is 0 Å². The minimum Gasteiger partial charge on any atom is -0.309 e. The molecule has 0 saturated carbocycles. The lowest BCUT2D eigenvalue weighted by molar-refractivity contribution is 0.437. The molecule has 0 atom stereocenters. The van der Waals surface area contributed by atoms with Gasteiger partial charge in [-0.2, -0.15) is 0 Å². The SMILES string of the molecule is CN(C)CCSc1nnc(-c2ccccc2)n1C. The number of aromatic nitrogens is 3. The van der Waals surface area contributed by atoms with Gasteiger partial charge in [0.25, 0.3) is 0 Å². The smallest absolute Gasteiger partial charge is 0.191 e. The summed E-state index contributed by atoms with van der Waals surface area (Å²) in [4.78, 5) is 2.17. The number of thioether (sulfide) groups is 1. The molecule has 0 unspecified atom stereocenters. The highest BCUT2D eigenvalue weighted by atomic mass is 32.2. The zero-order valence-corrected chi connectivity index (χ0v) is 11.8. The molecule has 0 radical (unpaired) electrons. The van der Waals surface area contributed by atoms with Crippen LogP contribution < -0.4 is 0 Å². The van der Waals surface area contributed by atoms with Crippen molar-refractivity contribution in [1.29, 1.82) is 0 Å². The Kier molecular flexibility index (Phi) is 4.38. The van der Waals surface area contributed by atoms with Gasteiger partial charge in [0, 0.05) is 24.9 Å². The predicted octanol–water partition coefficient (Wildman–Crippen LogP) is 2.14. The van der Waals surface area contributed by atoms with Crippen LogP contribution in [0.2, 0.25) is 0 Å². The second-order valence-corrected chi connectivity index (χ2v) is 5.45. The minimum atomic E-state index is 0.919. The molecule has 0 aliphatic heterocycles. The molecular weight excluding hydrogens is 244 g/mol. The number of hydrogen-bond acceptors (Lipinski definition) is 4. The fraction of sp³-hybridized carbons (Fsp3) is 0.385. The topological polar surface area (TPSA) is 34.0 Å². The van der Waals surface area contributed by atoms with Gasteiger partial charge < -0.3 is 9.47 Å². The molecule has 96 valence electrons. The maximum Gasteiger partial charge on any atom is 0.191 e. The van der Waals surface area contributed by atoms with Crippen LogP contribution in [0.3, 0.4) is 0 Å². The average Bonchev–Trinajstić information content (AvgIpc) is 2.72. The Labute approximate surface area is 112 Å². The van der Waals surface area contributed by atoms with Gasteiger partial charge in [0.15, 0.2) is 11.0 Å². The molecule has 1 heterocycles. The van der Waals surface area contributed by atoms with Gasteiger partial charge in [-0.3, -0.25) is 0 Å². The van der Waals surface area contributed by atoms with Crippen molar-refractivity contribution < 1.29 is 0 Å². The van der Waals surface area contributed by atoms with Crippen molar-refractivity contribution in [2.45, 2.75) is 5.16 Å². The van der Waals surface area contributed by atoms with E-state index in [2.05, 4.69) is 45.9 Å². The normalized spacial score (nSPS) is 11.1. The maximum absolute atomic E-state index is 4.26. The Morgan fingerprint density at radius 2 is 1.89 bits per heavy atom. The van der Waals surface area contributed by atoms with Crippen LogP contribution in [0.25, 0.3) is 11.4 Å². The summed E-state index contributed by atoms with van der Waals surface area (Å²) in [6.45, 7) is 1.04. The first-order valence-electron chi connectivity index (χ1n) is 5.91. The van der Waals surface area contributed by atoms with E-state index in [1.165, 1.54) is 0 Å². The first-order valence-corrected chi connectivity index (χ1v) is 6.89. The highest BCUT2D eigenvalue weighted by molar-refractivity contribution is 7.99. The number of benzene rings is 1. The van der Waals surface area contributed by atoms with Crippen LogP contribution in [-0.2, 0) is 7.05 Å². The third kappa shape index (κ3) is 3.11. The molecule has 0 saturated heterocycles. The second kappa shape index (κ2) is 6.02. The predicted molar refractivity (Wildman–Crippen MR) is 75.7 cm³/mol. The molecule has 2 rings (SSSR count). The lowest BCUT2D eigenvalue weighted by Crippen LogP contribution is -2.15. The van der Waals surface area contributed by atoms with Crippen molar-refractivity contribution in [2.75, 3.05) is 26.4 Å². The quantitative estimate of drug-likeness (QED) is 0.773. The molecule has 0 spiro atoms. The molecule has 1 aromatic carbocycles. The van der Waals surface area contributed by atoms with E-state index in [0.29, 0.717) is 0 Å². The minimum absolute atomic E-state index is 0.919. The zero-order chi connectivity index (χ0) is 13.0. The van der Waals surface area contributed by atoms with E-state index in [0.717, 1.165) is 28.8 Å². The van der Waals surface area contributed by atoms with Gasteiger partial charge in [0.05, 0.1) is 0 Å². The molecule has 5 heteroatoms. The van der Waals surface area contributed by atoms with Gasteiger partial charge in [0.2, 0.25) is 0 Å². The Morgan fingerprint density at radius 3 is 2.56 bits per heavy atom. The Balaban J connectivity index is 2.09. The largest absolute Gasteiger partial charge is 0.309 e. The summed E-state index contributed by atoms with van der Waals surface area (Å²) in [5, 5.41) is 9.48. The van der Waals surface area contributed by atoms with E-state index in [4.69, 9.17) is 0 Å². The molecule has 0 bridgehead atoms. The van der Waals surface area contributed by atoms with E-state index in [1.54, 1.807) is 11.8 Å². The summed E-state index contributed by atoms with van der Waals surface area (Å²) in [5.74, 6) is 1.94. The Hall–Kier alpha value is -1.33. The lowest BCUT2D eigenvalue weighted by Gasteiger charge is -2.08. The van der Waals surface area contributed by atoms with Crippen LogP contribution in [0.5, 0.6) is 0 Å². The van der Waals surface area contributed by atoms with Gasteiger partial charge >= 0.3 is 0 Å². The maximum atomic E-state index is 4.26.